The highest BCUT2D eigenvalue weighted by atomic mass is 32.1. The van der Waals surface area contributed by atoms with Crippen molar-refractivity contribution in [1.82, 2.24) is 14.8 Å². The van der Waals surface area contributed by atoms with Crippen LogP contribution in [-0.2, 0) is 11.2 Å². The van der Waals surface area contributed by atoms with E-state index in [1.807, 2.05) is 13.8 Å². The smallest absolute Gasteiger partial charge is 0.257 e. The van der Waals surface area contributed by atoms with E-state index >= 15 is 0 Å². The molecule has 5 nitrogen and oxygen atoms in total. The number of rotatable bonds is 3. The number of nitrogens with zero attached hydrogens (tertiary/aromatic N) is 3. The molecule has 0 atom stereocenters. The summed E-state index contributed by atoms with van der Waals surface area (Å²) in [5, 5.41) is 0.902. The first kappa shape index (κ1) is 19.3. The van der Waals surface area contributed by atoms with E-state index in [2.05, 4.69) is 4.98 Å². The van der Waals surface area contributed by atoms with Gasteiger partial charge in [0.2, 0.25) is 5.91 Å². The van der Waals surface area contributed by atoms with Crippen molar-refractivity contribution < 1.29 is 22.8 Å². The van der Waals surface area contributed by atoms with Crippen molar-refractivity contribution >= 4 is 23.2 Å². The first-order valence-electron chi connectivity index (χ1n) is 8.41. The van der Waals surface area contributed by atoms with Gasteiger partial charge in [-0.15, -0.1) is 11.3 Å². The molecule has 9 heteroatoms. The molecule has 2 heterocycles. The minimum Gasteiger partial charge on any atom is -0.339 e. The zero-order chi connectivity index (χ0) is 19.7. The number of piperazine rings is 1. The minimum atomic E-state index is -1.66. The minimum absolute atomic E-state index is 0.0622. The van der Waals surface area contributed by atoms with Crippen LogP contribution in [-0.4, -0.2) is 52.8 Å². The molecule has 2 amide bonds. The summed E-state index contributed by atoms with van der Waals surface area (Å²) in [6.45, 7) is 4.74. The molecule has 1 saturated heterocycles. The Morgan fingerprint density at radius 3 is 2.26 bits per heavy atom. The van der Waals surface area contributed by atoms with Crippen LogP contribution in [0.5, 0.6) is 0 Å². The summed E-state index contributed by atoms with van der Waals surface area (Å²) < 4.78 is 40.2. The van der Waals surface area contributed by atoms with Gasteiger partial charge in [0.1, 0.15) is 0 Å². The predicted molar refractivity (Wildman–Crippen MR) is 94.1 cm³/mol. The summed E-state index contributed by atoms with van der Waals surface area (Å²) in [4.78, 5) is 33.0. The molecular formula is C18H18F3N3O2S. The fraction of sp³-hybridized carbons (Fsp3) is 0.389. The molecule has 0 N–H and O–H groups in total. The van der Waals surface area contributed by atoms with E-state index in [4.69, 9.17) is 0 Å². The molecule has 0 radical (unpaired) electrons. The number of halogens is 3. The number of amides is 2. The highest BCUT2D eigenvalue weighted by Crippen LogP contribution is 2.20. The number of thiazole rings is 1. The van der Waals surface area contributed by atoms with Crippen molar-refractivity contribution in [1.29, 1.82) is 0 Å². The normalized spacial score (nSPS) is 14.6. The van der Waals surface area contributed by atoms with Crippen LogP contribution in [0.2, 0.25) is 0 Å². The number of aromatic nitrogens is 1. The summed E-state index contributed by atoms with van der Waals surface area (Å²) in [5.41, 5.74) is 0.331. The second-order valence-electron chi connectivity index (χ2n) is 6.31. The lowest BCUT2D eigenvalue weighted by atomic mass is 10.1. The maximum atomic E-state index is 13.8. The highest BCUT2D eigenvalue weighted by molar-refractivity contribution is 7.11. The fourth-order valence-corrected chi connectivity index (χ4v) is 3.94. The second kappa shape index (κ2) is 7.67. The molecule has 1 aromatic heterocycles. The van der Waals surface area contributed by atoms with Gasteiger partial charge >= 0.3 is 0 Å². The van der Waals surface area contributed by atoms with E-state index in [9.17, 15) is 22.8 Å². The molecule has 0 aliphatic carbocycles. The zero-order valence-corrected chi connectivity index (χ0v) is 15.7. The van der Waals surface area contributed by atoms with Gasteiger partial charge in [-0.05, 0) is 26.0 Å². The van der Waals surface area contributed by atoms with Crippen LogP contribution in [0.25, 0.3) is 0 Å². The van der Waals surface area contributed by atoms with Gasteiger partial charge in [-0.2, -0.15) is 0 Å². The predicted octanol–water partition coefficient (Wildman–Crippen LogP) is 2.70. The van der Waals surface area contributed by atoms with Crippen molar-refractivity contribution in [3.63, 3.8) is 0 Å². The Balaban J connectivity index is 1.61. The van der Waals surface area contributed by atoms with Gasteiger partial charge in [0.05, 0.1) is 22.7 Å². The van der Waals surface area contributed by atoms with Gasteiger partial charge in [0.15, 0.2) is 17.5 Å². The molecule has 0 saturated carbocycles. The number of aryl methyl sites for hydroxylation is 2. The van der Waals surface area contributed by atoms with Gasteiger partial charge in [0.25, 0.3) is 5.91 Å². The Morgan fingerprint density at radius 1 is 1.04 bits per heavy atom. The van der Waals surface area contributed by atoms with Crippen LogP contribution >= 0.6 is 11.3 Å². The first-order chi connectivity index (χ1) is 12.8. The molecule has 0 unspecified atom stereocenters. The third-order valence-electron chi connectivity index (χ3n) is 4.50. The van der Waals surface area contributed by atoms with Crippen LogP contribution < -0.4 is 0 Å². The zero-order valence-electron chi connectivity index (χ0n) is 14.9. The average molecular weight is 397 g/mol. The Labute approximate surface area is 158 Å². The summed E-state index contributed by atoms with van der Waals surface area (Å²) in [7, 11) is 0. The standard InChI is InChI=1S/C18H18F3N3O2S/c1-10-14(27-11(2)22-10)9-15(25)23-5-7-24(8-6-23)18(26)12-3-4-13(19)17(21)16(12)20/h3-4H,5-9H2,1-2H3. The van der Waals surface area contributed by atoms with Gasteiger partial charge in [0, 0.05) is 31.1 Å². The number of hydrogen-bond donors (Lipinski definition) is 0. The molecule has 1 aliphatic rings. The lowest BCUT2D eigenvalue weighted by molar-refractivity contribution is -0.131. The van der Waals surface area contributed by atoms with Gasteiger partial charge in [-0.1, -0.05) is 0 Å². The maximum Gasteiger partial charge on any atom is 0.257 e. The van der Waals surface area contributed by atoms with E-state index in [0.717, 1.165) is 27.7 Å². The van der Waals surface area contributed by atoms with E-state index in [1.165, 1.54) is 16.2 Å². The quantitative estimate of drug-likeness (QED) is 0.749. The summed E-state index contributed by atoms with van der Waals surface area (Å²) >= 11 is 1.48. The summed E-state index contributed by atoms with van der Waals surface area (Å²) in [6, 6.07) is 1.66. The summed E-state index contributed by atoms with van der Waals surface area (Å²) in [6.07, 6.45) is 0.253. The van der Waals surface area contributed by atoms with Crippen LogP contribution in [0.1, 0.15) is 25.9 Å². The topological polar surface area (TPSA) is 53.5 Å². The number of carbonyl (C=O) groups is 2. The molecule has 3 rings (SSSR count). The third kappa shape index (κ3) is 3.97. The van der Waals surface area contributed by atoms with E-state index in [1.54, 1.807) is 4.90 Å². The third-order valence-corrected chi connectivity index (χ3v) is 5.57. The molecular weight excluding hydrogens is 379 g/mol. The van der Waals surface area contributed by atoms with Crippen LogP contribution in [0.3, 0.4) is 0 Å². The summed E-state index contributed by atoms with van der Waals surface area (Å²) in [5.74, 6) is -5.27. The second-order valence-corrected chi connectivity index (χ2v) is 7.60. The van der Waals surface area contributed by atoms with Crippen LogP contribution in [0.15, 0.2) is 12.1 Å². The van der Waals surface area contributed by atoms with Crippen molar-refractivity contribution in [3.05, 3.63) is 50.7 Å². The SMILES string of the molecule is Cc1nc(C)c(CC(=O)N2CCN(C(=O)c3ccc(F)c(F)c3F)CC2)s1. The Bertz CT molecular complexity index is 892. The maximum absolute atomic E-state index is 13.8. The van der Waals surface area contributed by atoms with Crippen LogP contribution in [0, 0.1) is 31.3 Å². The highest BCUT2D eigenvalue weighted by Gasteiger charge is 2.28. The molecule has 1 aliphatic heterocycles. The Morgan fingerprint density at radius 2 is 1.67 bits per heavy atom. The van der Waals surface area contributed by atoms with E-state index in [0.29, 0.717) is 13.1 Å². The molecule has 1 aromatic carbocycles. The average Bonchev–Trinajstić information content (AvgIpc) is 2.96. The van der Waals surface area contributed by atoms with Gasteiger partial charge in [-0.3, -0.25) is 9.59 Å². The molecule has 2 aromatic rings. The van der Waals surface area contributed by atoms with E-state index in [-0.39, 0.29) is 25.4 Å². The number of benzene rings is 1. The molecule has 0 bridgehead atoms. The van der Waals surface area contributed by atoms with Gasteiger partial charge in [-0.25, -0.2) is 18.2 Å². The lowest BCUT2D eigenvalue weighted by Crippen LogP contribution is -2.51. The van der Waals surface area contributed by atoms with Crippen LogP contribution in [0.4, 0.5) is 13.2 Å². The number of carbonyl (C=O) groups excluding carboxylic acids is 2. The van der Waals surface area contributed by atoms with Gasteiger partial charge < -0.3 is 9.80 Å². The van der Waals surface area contributed by atoms with Crippen molar-refractivity contribution in [2.75, 3.05) is 26.2 Å². The number of hydrogen-bond acceptors (Lipinski definition) is 4. The molecule has 0 spiro atoms. The van der Waals surface area contributed by atoms with Crippen molar-refractivity contribution in [2.45, 2.75) is 20.3 Å². The molecule has 1 fully saturated rings. The molecule has 144 valence electrons. The fourth-order valence-electron chi connectivity index (χ4n) is 3.01. The monoisotopic (exact) mass is 397 g/mol. The van der Waals surface area contributed by atoms with Crippen molar-refractivity contribution in [2.24, 2.45) is 0 Å². The van der Waals surface area contributed by atoms with Crippen molar-refractivity contribution in [3.8, 4) is 0 Å². The largest absolute Gasteiger partial charge is 0.339 e. The molecule has 27 heavy (non-hydrogen) atoms. The lowest BCUT2D eigenvalue weighted by Gasteiger charge is -2.35. The van der Waals surface area contributed by atoms with E-state index < -0.39 is 28.9 Å². The Kier molecular flexibility index (Phi) is 5.50. The first-order valence-corrected chi connectivity index (χ1v) is 9.23. The Hall–Kier alpha value is -2.42.